The second kappa shape index (κ2) is 9.03. The molecule has 0 aliphatic heterocycles. The molecule has 0 aliphatic rings. The molecule has 3 N–H and O–H groups in total. The maximum Gasteiger partial charge on any atom is 0.340 e. The van der Waals surface area contributed by atoms with Crippen molar-refractivity contribution in [1.82, 2.24) is 9.88 Å². The summed E-state index contributed by atoms with van der Waals surface area (Å²) in [5.74, 6) is -0.894. The van der Waals surface area contributed by atoms with Crippen molar-refractivity contribution in [2.45, 2.75) is 38.6 Å². The van der Waals surface area contributed by atoms with Crippen LogP contribution in [0.25, 0.3) is 0 Å². The van der Waals surface area contributed by atoms with Crippen molar-refractivity contribution in [2.24, 2.45) is 5.14 Å². The number of carbonyl (C=O) groups is 2. The molecular formula is C19H25N3O5S. The average Bonchev–Trinajstić information content (AvgIpc) is 2.92. The molecule has 2 rings (SSSR count). The molecule has 0 fully saturated rings. The van der Waals surface area contributed by atoms with Crippen molar-refractivity contribution in [3.63, 3.8) is 0 Å². The number of carbonyl (C=O) groups excluding carboxylic acids is 2. The van der Waals surface area contributed by atoms with Crippen LogP contribution in [0.15, 0.2) is 35.2 Å². The summed E-state index contributed by atoms with van der Waals surface area (Å²) in [6, 6.07) is 7.95. The lowest BCUT2D eigenvalue weighted by Gasteiger charge is -2.11. The van der Waals surface area contributed by atoms with Crippen LogP contribution in [0, 0.1) is 13.8 Å². The third-order valence-electron chi connectivity index (χ3n) is 4.29. The normalized spacial score (nSPS) is 11.3. The molecular weight excluding hydrogens is 382 g/mol. The van der Waals surface area contributed by atoms with Crippen LogP contribution in [0.4, 0.5) is 0 Å². The highest BCUT2D eigenvalue weighted by Gasteiger charge is 2.18. The van der Waals surface area contributed by atoms with Crippen LogP contribution in [-0.4, -0.2) is 38.0 Å². The van der Waals surface area contributed by atoms with E-state index in [1.54, 1.807) is 25.1 Å². The van der Waals surface area contributed by atoms with Gasteiger partial charge in [-0.15, -0.1) is 0 Å². The van der Waals surface area contributed by atoms with E-state index < -0.39 is 16.0 Å². The molecule has 0 unspecified atom stereocenters. The zero-order chi connectivity index (χ0) is 20.9. The SMILES string of the molecule is CCCNC(=O)COC(=O)c1cc(C)n(Cc2ccc(S(N)(=O)=O)cc2)c1C. The Kier molecular flexibility index (Phi) is 6.98. The molecule has 0 bridgehead atoms. The number of amides is 1. The van der Waals surface area contributed by atoms with Crippen molar-refractivity contribution in [1.29, 1.82) is 0 Å². The van der Waals surface area contributed by atoms with Gasteiger partial charge in [0, 0.05) is 24.5 Å². The standard InChI is InChI=1S/C19H25N3O5S/c1-4-9-21-18(23)12-27-19(24)17-10-13(2)22(14(17)3)11-15-5-7-16(8-6-15)28(20,25)26/h5-8,10H,4,9,11-12H2,1-3H3,(H,21,23)(H2,20,25,26). The van der Waals surface area contributed by atoms with E-state index in [0.29, 0.717) is 24.3 Å². The number of hydrogen-bond acceptors (Lipinski definition) is 5. The zero-order valence-corrected chi connectivity index (χ0v) is 17.0. The van der Waals surface area contributed by atoms with Gasteiger partial charge in [0.25, 0.3) is 5.91 Å². The van der Waals surface area contributed by atoms with Gasteiger partial charge in [0.05, 0.1) is 10.5 Å². The Morgan fingerprint density at radius 3 is 2.39 bits per heavy atom. The fraction of sp³-hybridized carbons (Fsp3) is 0.368. The minimum atomic E-state index is -3.74. The Balaban J connectivity index is 2.10. The van der Waals surface area contributed by atoms with Gasteiger partial charge >= 0.3 is 5.97 Å². The highest BCUT2D eigenvalue weighted by Crippen LogP contribution is 2.19. The van der Waals surface area contributed by atoms with Gasteiger partial charge < -0.3 is 14.6 Å². The summed E-state index contributed by atoms with van der Waals surface area (Å²) >= 11 is 0. The fourth-order valence-corrected chi connectivity index (χ4v) is 3.26. The molecule has 28 heavy (non-hydrogen) atoms. The Morgan fingerprint density at radius 1 is 1.18 bits per heavy atom. The van der Waals surface area contributed by atoms with E-state index in [2.05, 4.69) is 5.32 Å². The highest BCUT2D eigenvalue weighted by atomic mass is 32.2. The molecule has 0 saturated carbocycles. The van der Waals surface area contributed by atoms with E-state index in [1.807, 2.05) is 18.4 Å². The number of nitrogens with two attached hydrogens (primary N) is 1. The van der Waals surface area contributed by atoms with Gasteiger partial charge in [-0.25, -0.2) is 18.4 Å². The van der Waals surface area contributed by atoms with Gasteiger partial charge in [-0.2, -0.15) is 0 Å². The number of benzene rings is 1. The summed E-state index contributed by atoms with van der Waals surface area (Å²) in [6.45, 7) is 6.25. The van der Waals surface area contributed by atoms with Crippen LogP contribution in [0.2, 0.25) is 0 Å². The summed E-state index contributed by atoms with van der Waals surface area (Å²) < 4.78 is 29.7. The second-order valence-electron chi connectivity index (χ2n) is 6.49. The van der Waals surface area contributed by atoms with Gasteiger partial charge in [0.15, 0.2) is 6.61 Å². The zero-order valence-electron chi connectivity index (χ0n) is 16.2. The number of esters is 1. The Bertz CT molecular complexity index is 962. The molecule has 1 heterocycles. The van der Waals surface area contributed by atoms with Crippen LogP contribution in [0.5, 0.6) is 0 Å². The fourth-order valence-electron chi connectivity index (χ4n) is 2.74. The van der Waals surface area contributed by atoms with Crippen molar-refractivity contribution < 1.29 is 22.7 Å². The number of aromatic nitrogens is 1. The molecule has 0 aliphatic carbocycles. The van der Waals surface area contributed by atoms with Gasteiger partial charge in [-0.1, -0.05) is 19.1 Å². The number of aryl methyl sites for hydroxylation is 1. The number of primary sulfonamides is 1. The Labute approximate surface area is 164 Å². The van der Waals surface area contributed by atoms with E-state index in [4.69, 9.17) is 9.88 Å². The maximum absolute atomic E-state index is 12.3. The molecule has 2 aromatic rings. The third-order valence-corrected chi connectivity index (χ3v) is 5.22. The molecule has 0 atom stereocenters. The van der Waals surface area contributed by atoms with Crippen molar-refractivity contribution >= 4 is 21.9 Å². The Hall–Kier alpha value is -2.65. The van der Waals surface area contributed by atoms with Crippen molar-refractivity contribution in [3.05, 3.63) is 52.8 Å². The molecule has 8 nitrogen and oxygen atoms in total. The first-order valence-corrected chi connectivity index (χ1v) is 10.4. The van der Waals surface area contributed by atoms with E-state index in [0.717, 1.165) is 17.7 Å². The molecule has 1 aromatic carbocycles. The van der Waals surface area contributed by atoms with E-state index in [-0.39, 0.29) is 17.4 Å². The largest absolute Gasteiger partial charge is 0.452 e. The molecule has 1 aromatic heterocycles. The summed E-state index contributed by atoms with van der Waals surface area (Å²) in [5.41, 5.74) is 2.79. The quantitative estimate of drug-likeness (QED) is 0.642. The van der Waals surface area contributed by atoms with Crippen LogP contribution in [0.3, 0.4) is 0 Å². The second-order valence-corrected chi connectivity index (χ2v) is 8.05. The topological polar surface area (TPSA) is 120 Å². The van der Waals surface area contributed by atoms with Gasteiger partial charge in [0.2, 0.25) is 10.0 Å². The monoisotopic (exact) mass is 407 g/mol. The lowest BCUT2D eigenvalue weighted by Crippen LogP contribution is -2.29. The number of rotatable bonds is 8. The molecule has 0 radical (unpaired) electrons. The molecule has 0 saturated heterocycles. The number of hydrogen-bond donors (Lipinski definition) is 2. The summed E-state index contributed by atoms with van der Waals surface area (Å²) in [4.78, 5) is 24.0. The average molecular weight is 407 g/mol. The number of nitrogens with zero attached hydrogens (tertiary/aromatic N) is 1. The lowest BCUT2D eigenvalue weighted by atomic mass is 10.2. The number of sulfonamides is 1. The smallest absolute Gasteiger partial charge is 0.340 e. The van der Waals surface area contributed by atoms with E-state index >= 15 is 0 Å². The summed E-state index contributed by atoms with van der Waals surface area (Å²) in [7, 11) is -3.74. The van der Waals surface area contributed by atoms with E-state index in [9.17, 15) is 18.0 Å². The van der Waals surface area contributed by atoms with Crippen LogP contribution in [0.1, 0.15) is 40.7 Å². The lowest BCUT2D eigenvalue weighted by molar-refractivity contribution is -0.124. The van der Waals surface area contributed by atoms with E-state index in [1.165, 1.54) is 12.1 Å². The molecule has 152 valence electrons. The van der Waals surface area contributed by atoms with Crippen LogP contribution in [-0.2, 0) is 26.1 Å². The van der Waals surface area contributed by atoms with Gasteiger partial charge in [-0.05, 0) is 44.0 Å². The van der Waals surface area contributed by atoms with Crippen molar-refractivity contribution in [3.8, 4) is 0 Å². The first-order valence-electron chi connectivity index (χ1n) is 8.85. The van der Waals surface area contributed by atoms with Gasteiger partial charge in [-0.3, -0.25) is 4.79 Å². The highest BCUT2D eigenvalue weighted by molar-refractivity contribution is 7.89. The minimum Gasteiger partial charge on any atom is -0.452 e. The minimum absolute atomic E-state index is 0.0443. The number of nitrogens with one attached hydrogen (secondary N) is 1. The van der Waals surface area contributed by atoms with Crippen LogP contribution < -0.4 is 10.5 Å². The first-order chi connectivity index (χ1) is 13.1. The maximum atomic E-state index is 12.3. The van der Waals surface area contributed by atoms with Gasteiger partial charge in [0.1, 0.15) is 0 Å². The summed E-state index contributed by atoms with van der Waals surface area (Å²) in [6.07, 6.45) is 0.805. The first kappa shape index (κ1) is 21.6. The predicted molar refractivity (Wildman–Crippen MR) is 104 cm³/mol. The molecule has 0 spiro atoms. The summed E-state index contributed by atoms with van der Waals surface area (Å²) in [5, 5.41) is 7.75. The Morgan fingerprint density at radius 2 is 1.82 bits per heavy atom. The predicted octanol–water partition coefficient (Wildman–Crippen LogP) is 1.48. The number of ether oxygens (including phenoxy) is 1. The molecule has 1 amide bonds. The third kappa shape index (κ3) is 5.43. The van der Waals surface area contributed by atoms with Crippen molar-refractivity contribution in [2.75, 3.05) is 13.2 Å². The van der Waals surface area contributed by atoms with Crippen LogP contribution >= 0.6 is 0 Å². The molecule has 9 heteroatoms.